The van der Waals surface area contributed by atoms with Crippen LogP contribution in [0.3, 0.4) is 0 Å². The van der Waals surface area contributed by atoms with Gasteiger partial charge in [0.25, 0.3) is 5.91 Å². The van der Waals surface area contributed by atoms with E-state index in [1.54, 1.807) is 35.4 Å². The summed E-state index contributed by atoms with van der Waals surface area (Å²) in [4.78, 5) is 28.5. The van der Waals surface area contributed by atoms with E-state index in [0.717, 1.165) is 12.0 Å². The number of carbonyl (C=O) groups excluding carboxylic acids is 2. The van der Waals surface area contributed by atoms with E-state index >= 15 is 0 Å². The molecule has 0 saturated heterocycles. The van der Waals surface area contributed by atoms with Crippen LogP contribution in [0.2, 0.25) is 5.02 Å². The molecule has 1 fully saturated rings. The normalized spacial score (nSPS) is 29.0. The molecule has 2 aromatic rings. The Balaban J connectivity index is 1.59. The Hall–Kier alpha value is -2.24. The first-order valence-electron chi connectivity index (χ1n) is 9.71. The summed E-state index contributed by atoms with van der Waals surface area (Å²) in [5, 5.41) is 0.495. The average molecular weight is 432 g/mol. The van der Waals surface area contributed by atoms with Crippen molar-refractivity contribution >= 4 is 34.9 Å². The minimum absolute atomic E-state index is 0.0399. The van der Waals surface area contributed by atoms with Crippen LogP contribution in [-0.4, -0.2) is 28.1 Å². The van der Waals surface area contributed by atoms with E-state index < -0.39 is 6.04 Å². The van der Waals surface area contributed by atoms with Gasteiger partial charge in [0.1, 0.15) is 11.9 Å². The number of alkyl halides is 1. The van der Waals surface area contributed by atoms with Gasteiger partial charge in [0.15, 0.2) is 11.5 Å². The van der Waals surface area contributed by atoms with Crippen LogP contribution in [0.15, 0.2) is 58.4 Å². The molecule has 29 heavy (non-hydrogen) atoms. The predicted octanol–water partition coefficient (Wildman–Crippen LogP) is 4.65. The highest BCUT2D eigenvalue weighted by molar-refractivity contribution is 6.30. The van der Waals surface area contributed by atoms with Crippen molar-refractivity contribution in [3.05, 3.63) is 70.3 Å². The number of fused-ring (bicyclic) bond motifs is 1. The van der Waals surface area contributed by atoms with Gasteiger partial charge in [-0.25, -0.2) is 0 Å². The van der Waals surface area contributed by atoms with Crippen LogP contribution in [0.5, 0.6) is 0 Å². The van der Waals surface area contributed by atoms with Crippen molar-refractivity contribution in [3.8, 4) is 0 Å². The van der Waals surface area contributed by atoms with Crippen LogP contribution in [0.4, 0.5) is 0 Å². The molecule has 150 valence electrons. The van der Waals surface area contributed by atoms with Crippen LogP contribution in [-0.2, 0) is 20.9 Å². The predicted molar refractivity (Wildman–Crippen MR) is 107 cm³/mol. The molecule has 4 unspecified atom stereocenters. The fourth-order valence-corrected chi connectivity index (χ4v) is 5.14. The Kier molecular flexibility index (Phi) is 4.67. The van der Waals surface area contributed by atoms with Crippen LogP contribution in [0.1, 0.15) is 36.6 Å². The maximum absolute atomic E-state index is 13.5. The Labute approximate surface area is 178 Å². The van der Waals surface area contributed by atoms with Gasteiger partial charge in [0.05, 0.1) is 30.3 Å². The molecule has 0 spiro atoms. The van der Waals surface area contributed by atoms with Crippen LogP contribution < -0.4 is 0 Å². The van der Waals surface area contributed by atoms with Crippen molar-refractivity contribution in [2.75, 3.05) is 0 Å². The molecule has 2 aliphatic heterocycles. The molecule has 0 bridgehead atoms. The monoisotopic (exact) mass is 431 g/mol. The highest BCUT2D eigenvalue weighted by Gasteiger charge is 2.52. The molecular weight excluding hydrogens is 413 g/mol. The van der Waals surface area contributed by atoms with Crippen molar-refractivity contribution in [2.24, 2.45) is 5.92 Å². The molecule has 5 rings (SSSR count). The SMILES string of the molecule is O=C1C2=C(OC3CCC(Cl)CC13)C(=O)N(Cc1ccco1)C2c1cccc(Cl)c1. The Bertz CT molecular complexity index is 1000. The number of furan rings is 1. The highest BCUT2D eigenvalue weighted by atomic mass is 35.5. The number of amides is 1. The van der Waals surface area contributed by atoms with Gasteiger partial charge in [-0.3, -0.25) is 9.59 Å². The van der Waals surface area contributed by atoms with E-state index in [1.165, 1.54) is 0 Å². The molecule has 1 aromatic carbocycles. The molecule has 1 aliphatic carbocycles. The minimum atomic E-state index is -0.564. The number of hydrogen-bond donors (Lipinski definition) is 0. The first kappa shape index (κ1) is 18.8. The zero-order chi connectivity index (χ0) is 20.1. The summed E-state index contributed by atoms with van der Waals surface area (Å²) in [7, 11) is 0. The van der Waals surface area contributed by atoms with Gasteiger partial charge in [-0.15, -0.1) is 11.6 Å². The molecule has 0 N–H and O–H groups in total. The minimum Gasteiger partial charge on any atom is -0.483 e. The smallest absolute Gasteiger partial charge is 0.290 e. The maximum Gasteiger partial charge on any atom is 0.290 e. The van der Waals surface area contributed by atoms with Gasteiger partial charge in [0.2, 0.25) is 0 Å². The van der Waals surface area contributed by atoms with Gasteiger partial charge in [-0.1, -0.05) is 23.7 Å². The van der Waals surface area contributed by atoms with Gasteiger partial charge < -0.3 is 14.1 Å². The van der Waals surface area contributed by atoms with E-state index in [1.807, 2.05) is 12.1 Å². The average Bonchev–Trinajstić information content (AvgIpc) is 3.31. The molecule has 1 aromatic heterocycles. The first-order valence-corrected chi connectivity index (χ1v) is 10.5. The van der Waals surface area contributed by atoms with Crippen molar-refractivity contribution in [1.29, 1.82) is 0 Å². The second-order valence-electron chi connectivity index (χ2n) is 7.75. The van der Waals surface area contributed by atoms with Gasteiger partial charge >= 0.3 is 0 Å². The largest absolute Gasteiger partial charge is 0.483 e. The highest BCUT2D eigenvalue weighted by Crippen LogP contribution is 2.48. The van der Waals surface area contributed by atoms with Crippen LogP contribution in [0.25, 0.3) is 0 Å². The standard InChI is InChI=1S/C22H19Cl2NO4/c23-13-4-1-3-12(9-13)19-18-20(26)16-10-14(24)6-7-17(16)29-21(18)22(27)25(19)11-15-5-2-8-28-15/h1-5,8-9,14,16-17,19H,6-7,10-11H2. The van der Waals surface area contributed by atoms with Crippen molar-refractivity contribution in [1.82, 2.24) is 4.90 Å². The number of carbonyl (C=O) groups is 2. The maximum atomic E-state index is 13.5. The van der Waals surface area contributed by atoms with Gasteiger partial charge in [0, 0.05) is 10.4 Å². The second-order valence-corrected chi connectivity index (χ2v) is 8.80. The third-order valence-corrected chi connectivity index (χ3v) is 6.58. The van der Waals surface area contributed by atoms with Crippen molar-refractivity contribution < 1.29 is 18.7 Å². The number of benzene rings is 1. The fourth-order valence-electron chi connectivity index (χ4n) is 4.62. The fraction of sp³-hybridized carbons (Fsp3) is 0.364. The number of ether oxygens (including phenoxy) is 1. The zero-order valence-electron chi connectivity index (χ0n) is 15.5. The first-order chi connectivity index (χ1) is 14.0. The lowest BCUT2D eigenvalue weighted by molar-refractivity contribution is -0.135. The topological polar surface area (TPSA) is 59.8 Å². The Morgan fingerprint density at radius 3 is 2.76 bits per heavy atom. The Morgan fingerprint density at radius 1 is 1.14 bits per heavy atom. The van der Waals surface area contributed by atoms with E-state index in [-0.39, 0.29) is 41.4 Å². The van der Waals surface area contributed by atoms with Crippen LogP contribution in [0, 0.1) is 5.92 Å². The molecule has 1 amide bonds. The lowest BCUT2D eigenvalue weighted by Gasteiger charge is -2.37. The number of halogens is 2. The third-order valence-electron chi connectivity index (χ3n) is 5.95. The summed E-state index contributed by atoms with van der Waals surface area (Å²) in [6, 6.07) is 10.3. The molecule has 7 heteroatoms. The van der Waals surface area contributed by atoms with E-state index in [2.05, 4.69) is 0 Å². The van der Waals surface area contributed by atoms with Crippen LogP contribution >= 0.6 is 23.2 Å². The molecule has 5 nitrogen and oxygen atoms in total. The number of Topliss-reactive ketones (excluding diaryl/α,β-unsaturated/α-hetero) is 1. The quantitative estimate of drug-likeness (QED) is 0.663. The molecular formula is C22H19Cl2NO4. The summed E-state index contributed by atoms with van der Waals surface area (Å²) in [6.45, 7) is 0.236. The van der Waals surface area contributed by atoms with E-state index in [4.69, 9.17) is 32.4 Å². The van der Waals surface area contributed by atoms with E-state index in [0.29, 0.717) is 29.2 Å². The summed E-state index contributed by atoms with van der Waals surface area (Å²) < 4.78 is 11.6. The van der Waals surface area contributed by atoms with Gasteiger partial charge in [-0.05, 0) is 49.1 Å². The summed E-state index contributed by atoms with van der Waals surface area (Å²) in [6.07, 6.45) is 3.30. The van der Waals surface area contributed by atoms with Crippen molar-refractivity contribution in [3.63, 3.8) is 0 Å². The number of nitrogens with zero attached hydrogens (tertiary/aromatic N) is 1. The molecule has 3 heterocycles. The second kappa shape index (κ2) is 7.22. The van der Waals surface area contributed by atoms with E-state index in [9.17, 15) is 9.59 Å². The molecule has 0 radical (unpaired) electrons. The lowest BCUT2D eigenvalue weighted by atomic mass is 9.77. The lowest BCUT2D eigenvalue weighted by Crippen LogP contribution is -2.41. The number of hydrogen-bond acceptors (Lipinski definition) is 4. The summed E-state index contributed by atoms with van der Waals surface area (Å²) in [5.74, 6) is 0.155. The zero-order valence-corrected chi connectivity index (χ0v) is 17.0. The third kappa shape index (κ3) is 3.17. The number of ketones is 1. The Morgan fingerprint density at radius 2 is 2.00 bits per heavy atom. The summed E-state index contributed by atoms with van der Waals surface area (Å²) >= 11 is 12.6. The molecule has 3 aliphatic rings. The summed E-state index contributed by atoms with van der Waals surface area (Å²) in [5.41, 5.74) is 1.19. The molecule has 4 atom stereocenters. The molecule has 1 saturated carbocycles. The van der Waals surface area contributed by atoms with Gasteiger partial charge in [-0.2, -0.15) is 0 Å². The number of rotatable bonds is 3. The van der Waals surface area contributed by atoms with Crippen molar-refractivity contribution in [2.45, 2.75) is 43.3 Å².